The summed E-state index contributed by atoms with van der Waals surface area (Å²) in [6.07, 6.45) is 4.56. The molecule has 0 aliphatic carbocycles. The molecule has 0 bridgehead atoms. The smallest absolute Gasteiger partial charge is 0.193 e. The van der Waals surface area contributed by atoms with Gasteiger partial charge in [-0.1, -0.05) is 0 Å². The van der Waals surface area contributed by atoms with Gasteiger partial charge in [0, 0.05) is 38.2 Å². The van der Waals surface area contributed by atoms with Gasteiger partial charge in [0.2, 0.25) is 0 Å². The summed E-state index contributed by atoms with van der Waals surface area (Å²) in [6.45, 7) is 6.34. The van der Waals surface area contributed by atoms with Crippen molar-refractivity contribution in [3.8, 4) is 0 Å². The van der Waals surface area contributed by atoms with Crippen LogP contribution in [-0.2, 0) is 11.3 Å². The van der Waals surface area contributed by atoms with Crippen molar-refractivity contribution in [3.05, 3.63) is 24.2 Å². The van der Waals surface area contributed by atoms with Gasteiger partial charge in [-0.15, -0.1) is 24.0 Å². The van der Waals surface area contributed by atoms with Gasteiger partial charge in [-0.05, 0) is 19.4 Å². The molecular formula is C14H24IN3O2. The molecule has 20 heavy (non-hydrogen) atoms. The van der Waals surface area contributed by atoms with Gasteiger partial charge in [-0.25, -0.2) is 4.99 Å². The van der Waals surface area contributed by atoms with Crippen molar-refractivity contribution in [1.82, 2.24) is 10.2 Å². The molecular weight excluding hydrogens is 369 g/mol. The summed E-state index contributed by atoms with van der Waals surface area (Å²) in [5.41, 5.74) is 1.09. The lowest BCUT2D eigenvalue weighted by atomic mass is 10.1. The molecule has 0 saturated carbocycles. The van der Waals surface area contributed by atoms with Crippen LogP contribution in [-0.4, -0.2) is 44.2 Å². The summed E-state index contributed by atoms with van der Waals surface area (Å²) in [7, 11) is 2.08. The predicted molar refractivity (Wildman–Crippen MR) is 90.5 cm³/mol. The summed E-state index contributed by atoms with van der Waals surface area (Å²) in [6, 6.07) is 1.94. The average Bonchev–Trinajstić information content (AvgIpc) is 3.07. The standard InChI is InChI=1S/C14H23N3O2.HI/c1-3-15-14(16-8-12-4-6-18-10-12)17(2)9-13-5-7-19-11-13;/h4,6,10,13H,3,5,7-9,11H2,1-2H3,(H,15,16);1H. The van der Waals surface area contributed by atoms with Gasteiger partial charge in [0.1, 0.15) is 0 Å². The van der Waals surface area contributed by atoms with Crippen LogP contribution in [0.3, 0.4) is 0 Å². The lowest BCUT2D eigenvalue weighted by Gasteiger charge is -2.24. The summed E-state index contributed by atoms with van der Waals surface area (Å²) < 4.78 is 10.5. The van der Waals surface area contributed by atoms with Crippen LogP contribution in [0.2, 0.25) is 0 Å². The summed E-state index contributed by atoms with van der Waals surface area (Å²) >= 11 is 0. The molecule has 0 aromatic carbocycles. The maximum Gasteiger partial charge on any atom is 0.193 e. The minimum Gasteiger partial charge on any atom is -0.472 e. The topological polar surface area (TPSA) is 50.0 Å². The predicted octanol–water partition coefficient (Wildman–Crippen LogP) is 2.33. The van der Waals surface area contributed by atoms with E-state index >= 15 is 0 Å². The first kappa shape index (κ1) is 17.3. The Hall–Kier alpha value is -0.760. The maximum atomic E-state index is 5.42. The number of halogens is 1. The lowest BCUT2D eigenvalue weighted by molar-refractivity contribution is 0.181. The molecule has 1 aliphatic rings. The minimum absolute atomic E-state index is 0. The third-order valence-electron chi connectivity index (χ3n) is 3.24. The van der Waals surface area contributed by atoms with Crippen molar-refractivity contribution in [2.75, 3.05) is 33.4 Å². The van der Waals surface area contributed by atoms with Crippen molar-refractivity contribution < 1.29 is 9.15 Å². The highest BCUT2D eigenvalue weighted by Crippen LogP contribution is 2.13. The number of hydrogen-bond acceptors (Lipinski definition) is 3. The Bertz CT molecular complexity index is 389. The van der Waals surface area contributed by atoms with E-state index in [4.69, 9.17) is 9.15 Å². The highest BCUT2D eigenvalue weighted by molar-refractivity contribution is 14.0. The van der Waals surface area contributed by atoms with Crippen LogP contribution in [0.15, 0.2) is 28.0 Å². The highest BCUT2D eigenvalue weighted by Gasteiger charge is 2.18. The number of guanidine groups is 1. The van der Waals surface area contributed by atoms with E-state index in [1.807, 2.05) is 6.07 Å². The summed E-state index contributed by atoms with van der Waals surface area (Å²) in [5, 5.41) is 3.32. The third-order valence-corrected chi connectivity index (χ3v) is 3.24. The first-order chi connectivity index (χ1) is 9.29. The van der Waals surface area contributed by atoms with E-state index in [-0.39, 0.29) is 24.0 Å². The van der Waals surface area contributed by atoms with E-state index in [2.05, 4.69) is 29.2 Å². The number of nitrogens with zero attached hydrogens (tertiary/aromatic N) is 2. The van der Waals surface area contributed by atoms with Crippen molar-refractivity contribution in [3.63, 3.8) is 0 Å². The Balaban J connectivity index is 0.00000200. The molecule has 1 aliphatic heterocycles. The normalized spacial score (nSPS) is 18.7. The third kappa shape index (κ3) is 5.32. The molecule has 114 valence electrons. The molecule has 1 fully saturated rings. The molecule has 0 amide bonds. The quantitative estimate of drug-likeness (QED) is 0.474. The molecule has 1 aromatic heterocycles. The van der Waals surface area contributed by atoms with Crippen LogP contribution in [0, 0.1) is 5.92 Å². The summed E-state index contributed by atoms with van der Waals surface area (Å²) in [5.74, 6) is 1.55. The minimum atomic E-state index is 0. The van der Waals surface area contributed by atoms with Gasteiger partial charge >= 0.3 is 0 Å². The molecule has 1 saturated heterocycles. The van der Waals surface area contributed by atoms with Crippen LogP contribution >= 0.6 is 24.0 Å². The lowest BCUT2D eigenvalue weighted by Crippen LogP contribution is -2.41. The molecule has 1 aromatic rings. The molecule has 1 unspecified atom stereocenters. The Morgan fingerprint density at radius 3 is 3.00 bits per heavy atom. The summed E-state index contributed by atoms with van der Waals surface area (Å²) in [4.78, 5) is 6.81. The number of rotatable bonds is 5. The van der Waals surface area contributed by atoms with Crippen molar-refractivity contribution >= 4 is 29.9 Å². The van der Waals surface area contributed by atoms with Crippen molar-refractivity contribution in [2.45, 2.75) is 19.9 Å². The molecule has 1 N–H and O–H groups in total. The monoisotopic (exact) mass is 393 g/mol. The Morgan fingerprint density at radius 2 is 2.40 bits per heavy atom. The Morgan fingerprint density at radius 1 is 1.55 bits per heavy atom. The number of ether oxygens (including phenoxy) is 1. The number of aliphatic imine (C=N–C) groups is 1. The first-order valence-electron chi connectivity index (χ1n) is 6.88. The second kappa shape index (κ2) is 9.23. The molecule has 6 heteroatoms. The number of hydrogen-bond donors (Lipinski definition) is 1. The molecule has 2 heterocycles. The van der Waals surface area contributed by atoms with Gasteiger partial charge in [0.25, 0.3) is 0 Å². The zero-order valence-corrected chi connectivity index (χ0v) is 14.5. The average molecular weight is 393 g/mol. The van der Waals surface area contributed by atoms with Crippen LogP contribution in [0.5, 0.6) is 0 Å². The van der Waals surface area contributed by atoms with E-state index in [0.717, 1.165) is 44.2 Å². The van der Waals surface area contributed by atoms with Crippen LogP contribution in [0.4, 0.5) is 0 Å². The Labute approximate surface area is 137 Å². The Kier molecular flexibility index (Phi) is 7.98. The fourth-order valence-corrected chi connectivity index (χ4v) is 2.22. The molecule has 1 atom stereocenters. The fraction of sp³-hybridized carbons (Fsp3) is 0.643. The van der Waals surface area contributed by atoms with Gasteiger partial charge < -0.3 is 19.4 Å². The number of furan rings is 1. The zero-order chi connectivity index (χ0) is 13.5. The second-order valence-corrected chi connectivity index (χ2v) is 4.91. The fourth-order valence-electron chi connectivity index (χ4n) is 2.22. The van der Waals surface area contributed by atoms with E-state index in [0.29, 0.717) is 12.5 Å². The van der Waals surface area contributed by atoms with E-state index in [9.17, 15) is 0 Å². The van der Waals surface area contributed by atoms with Crippen molar-refractivity contribution in [2.24, 2.45) is 10.9 Å². The van der Waals surface area contributed by atoms with Gasteiger partial charge in [0.05, 0.1) is 25.7 Å². The van der Waals surface area contributed by atoms with Gasteiger partial charge in [-0.3, -0.25) is 0 Å². The molecule has 5 nitrogen and oxygen atoms in total. The van der Waals surface area contributed by atoms with Crippen molar-refractivity contribution in [1.29, 1.82) is 0 Å². The van der Waals surface area contributed by atoms with E-state index in [1.54, 1.807) is 12.5 Å². The second-order valence-electron chi connectivity index (χ2n) is 4.91. The van der Waals surface area contributed by atoms with Gasteiger partial charge in [-0.2, -0.15) is 0 Å². The first-order valence-corrected chi connectivity index (χ1v) is 6.88. The molecule has 0 spiro atoms. The van der Waals surface area contributed by atoms with Crippen LogP contribution < -0.4 is 5.32 Å². The van der Waals surface area contributed by atoms with Crippen LogP contribution in [0.25, 0.3) is 0 Å². The molecule has 0 radical (unpaired) electrons. The number of nitrogens with one attached hydrogen (secondary N) is 1. The van der Waals surface area contributed by atoms with Crippen LogP contribution in [0.1, 0.15) is 18.9 Å². The SMILES string of the molecule is CCNC(=NCc1ccoc1)N(C)CC1CCOC1.I. The van der Waals surface area contributed by atoms with E-state index < -0.39 is 0 Å². The largest absolute Gasteiger partial charge is 0.472 e. The zero-order valence-electron chi connectivity index (χ0n) is 12.2. The van der Waals surface area contributed by atoms with Gasteiger partial charge in [0.15, 0.2) is 5.96 Å². The van der Waals surface area contributed by atoms with E-state index in [1.165, 1.54) is 0 Å². The highest BCUT2D eigenvalue weighted by atomic mass is 127. The maximum absolute atomic E-state index is 5.42. The molecule has 2 rings (SSSR count).